The second-order valence-corrected chi connectivity index (χ2v) is 7.09. The van der Waals surface area contributed by atoms with Gasteiger partial charge in [0.25, 0.3) is 0 Å². The lowest BCUT2D eigenvalue weighted by Gasteiger charge is -2.31. The van der Waals surface area contributed by atoms with E-state index in [0.29, 0.717) is 24.1 Å². The van der Waals surface area contributed by atoms with Crippen molar-refractivity contribution in [1.82, 2.24) is 14.5 Å². The summed E-state index contributed by atoms with van der Waals surface area (Å²) in [6.45, 7) is 0.992. The largest absolute Gasteiger partial charge is 0.384 e. The molecule has 0 saturated carbocycles. The minimum Gasteiger partial charge on any atom is -0.384 e. The monoisotopic (exact) mass is 396 g/mol. The van der Waals surface area contributed by atoms with Gasteiger partial charge in [-0.2, -0.15) is 13.8 Å². The maximum atomic E-state index is 14.6. The van der Waals surface area contributed by atoms with Gasteiger partial charge in [0, 0.05) is 25.8 Å². The number of ether oxygens (including phenoxy) is 1. The molecule has 10 heteroatoms. The van der Waals surface area contributed by atoms with Crippen LogP contribution in [0.4, 0.5) is 19.0 Å². The number of halogens is 3. The van der Waals surface area contributed by atoms with Crippen molar-refractivity contribution in [3.8, 4) is 0 Å². The van der Waals surface area contributed by atoms with Crippen LogP contribution in [0, 0.1) is 5.82 Å². The Morgan fingerprint density at radius 2 is 2.11 bits per heavy atom. The van der Waals surface area contributed by atoms with Crippen LogP contribution in [0.25, 0.3) is 0 Å². The topological polar surface area (TPSA) is 93.6 Å². The molecule has 0 aliphatic carbocycles. The number of aromatic nitrogens is 2. The van der Waals surface area contributed by atoms with E-state index in [1.165, 1.54) is 18.2 Å². The van der Waals surface area contributed by atoms with Gasteiger partial charge in [-0.05, 0) is 35.7 Å². The van der Waals surface area contributed by atoms with Gasteiger partial charge >= 0.3 is 11.6 Å². The fourth-order valence-corrected chi connectivity index (χ4v) is 3.71. The molecule has 1 saturated heterocycles. The first-order valence-electron chi connectivity index (χ1n) is 8.81. The number of benzene rings is 1. The van der Waals surface area contributed by atoms with Crippen molar-refractivity contribution in [2.24, 2.45) is 0 Å². The molecule has 1 fully saturated rings. The number of aliphatic hydroxyl groups excluding tert-OH is 1. The number of alkyl halides is 2. The summed E-state index contributed by atoms with van der Waals surface area (Å²) in [6, 6.07) is 5.70. The van der Waals surface area contributed by atoms with Gasteiger partial charge in [0.2, 0.25) is 6.23 Å². The van der Waals surface area contributed by atoms with Gasteiger partial charge in [0.05, 0.1) is 0 Å². The Bertz CT molecular complexity index is 952. The normalized spacial score (nSPS) is 26.9. The fourth-order valence-electron chi connectivity index (χ4n) is 3.71. The van der Waals surface area contributed by atoms with Crippen molar-refractivity contribution in [2.45, 2.75) is 37.3 Å². The maximum absolute atomic E-state index is 14.6. The van der Waals surface area contributed by atoms with Crippen LogP contribution < -0.4 is 11.4 Å². The third-order valence-electron chi connectivity index (χ3n) is 5.18. The Hall–Kier alpha value is -2.43. The molecule has 3 N–H and O–H groups in total. The SMILES string of the molecule is Nc1ccn([C@@H]2O[C@H](CN3CCc4cc(F)ccc4C3)[C@@H](O)C2(F)F)c(=O)n1. The van der Waals surface area contributed by atoms with E-state index < -0.39 is 30.0 Å². The summed E-state index contributed by atoms with van der Waals surface area (Å²) in [6.07, 6.45) is -3.62. The highest BCUT2D eigenvalue weighted by atomic mass is 19.3. The van der Waals surface area contributed by atoms with E-state index in [1.807, 2.05) is 4.90 Å². The van der Waals surface area contributed by atoms with Crippen molar-refractivity contribution in [2.75, 3.05) is 18.8 Å². The Labute approximate surface area is 158 Å². The molecule has 2 aliphatic rings. The van der Waals surface area contributed by atoms with E-state index in [1.54, 1.807) is 6.07 Å². The Morgan fingerprint density at radius 1 is 1.32 bits per heavy atom. The van der Waals surface area contributed by atoms with Gasteiger partial charge in [-0.15, -0.1) is 0 Å². The van der Waals surface area contributed by atoms with E-state index in [9.17, 15) is 23.1 Å². The molecule has 0 radical (unpaired) electrons. The predicted molar refractivity (Wildman–Crippen MR) is 93.2 cm³/mol. The molecule has 0 unspecified atom stereocenters. The first-order chi connectivity index (χ1) is 13.3. The van der Waals surface area contributed by atoms with Crippen LogP contribution in [0.2, 0.25) is 0 Å². The highest BCUT2D eigenvalue weighted by molar-refractivity contribution is 5.30. The second kappa shape index (κ2) is 6.87. The Kier molecular flexibility index (Phi) is 4.64. The molecule has 0 spiro atoms. The number of fused-ring (bicyclic) bond motifs is 1. The van der Waals surface area contributed by atoms with E-state index >= 15 is 0 Å². The number of rotatable bonds is 3. The number of aliphatic hydroxyl groups is 1. The molecular formula is C18H19F3N4O3. The van der Waals surface area contributed by atoms with Gasteiger partial charge in [-0.3, -0.25) is 9.47 Å². The number of nitrogens with two attached hydrogens (primary N) is 1. The van der Waals surface area contributed by atoms with Crippen LogP contribution in [0.1, 0.15) is 17.4 Å². The van der Waals surface area contributed by atoms with Gasteiger partial charge in [0.15, 0.2) is 0 Å². The lowest BCUT2D eigenvalue weighted by molar-refractivity contribution is -0.140. The molecule has 0 bridgehead atoms. The van der Waals surface area contributed by atoms with Crippen LogP contribution in [0.5, 0.6) is 0 Å². The van der Waals surface area contributed by atoms with E-state index in [0.717, 1.165) is 17.3 Å². The lowest BCUT2D eigenvalue weighted by Crippen LogP contribution is -2.44. The van der Waals surface area contributed by atoms with Crippen molar-refractivity contribution in [1.29, 1.82) is 0 Å². The number of hydrogen-bond acceptors (Lipinski definition) is 6. The van der Waals surface area contributed by atoms with E-state index in [4.69, 9.17) is 10.5 Å². The third kappa shape index (κ3) is 3.27. The summed E-state index contributed by atoms with van der Waals surface area (Å²) >= 11 is 0. The second-order valence-electron chi connectivity index (χ2n) is 7.09. The minimum absolute atomic E-state index is 0.0429. The quantitative estimate of drug-likeness (QED) is 0.801. The molecule has 1 aromatic carbocycles. The first kappa shape index (κ1) is 18.9. The van der Waals surface area contributed by atoms with Crippen LogP contribution in [0.3, 0.4) is 0 Å². The molecular weight excluding hydrogens is 377 g/mol. The molecule has 7 nitrogen and oxygen atoms in total. The summed E-state index contributed by atoms with van der Waals surface area (Å²) in [7, 11) is 0. The standard InChI is InChI=1S/C18H19F3N4O3/c19-12-2-1-11-8-24(5-3-10(11)7-12)9-13-15(26)18(20,21)16(28-13)25-6-4-14(22)23-17(25)27/h1-2,4,6-7,13,15-16,26H,3,5,8-9H2,(H2,22,23,27)/t13-,15-,16-/m1/s1. The van der Waals surface area contributed by atoms with Gasteiger partial charge in [-0.25, -0.2) is 9.18 Å². The van der Waals surface area contributed by atoms with Crippen LogP contribution in [0.15, 0.2) is 35.3 Å². The first-order valence-corrected chi connectivity index (χ1v) is 8.81. The minimum atomic E-state index is -3.68. The molecule has 2 aliphatic heterocycles. The molecule has 3 heterocycles. The zero-order valence-electron chi connectivity index (χ0n) is 14.8. The zero-order valence-corrected chi connectivity index (χ0v) is 14.8. The molecule has 4 rings (SSSR count). The smallest absolute Gasteiger partial charge is 0.351 e. The predicted octanol–water partition coefficient (Wildman–Crippen LogP) is 0.916. The average Bonchev–Trinajstić information content (AvgIpc) is 2.85. The summed E-state index contributed by atoms with van der Waals surface area (Å²) in [4.78, 5) is 17.2. The summed E-state index contributed by atoms with van der Waals surface area (Å²) in [5, 5.41) is 10.1. The van der Waals surface area contributed by atoms with Crippen molar-refractivity contribution in [3.05, 3.63) is 57.9 Å². The molecule has 28 heavy (non-hydrogen) atoms. The maximum Gasteiger partial charge on any atom is 0.351 e. The summed E-state index contributed by atoms with van der Waals surface area (Å²) < 4.78 is 48.6. The highest BCUT2D eigenvalue weighted by Crippen LogP contribution is 2.42. The molecule has 2 aromatic rings. The number of nitrogens with zero attached hydrogens (tertiary/aromatic N) is 3. The number of anilines is 1. The molecule has 3 atom stereocenters. The number of hydrogen-bond donors (Lipinski definition) is 2. The molecule has 0 amide bonds. The highest BCUT2D eigenvalue weighted by Gasteiger charge is 2.59. The van der Waals surface area contributed by atoms with Crippen molar-refractivity contribution < 1.29 is 23.0 Å². The lowest BCUT2D eigenvalue weighted by atomic mass is 9.99. The molecule has 150 valence electrons. The van der Waals surface area contributed by atoms with E-state index in [2.05, 4.69) is 4.98 Å². The Morgan fingerprint density at radius 3 is 2.86 bits per heavy atom. The summed E-state index contributed by atoms with van der Waals surface area (Å²) in [5.41, 5.74) is 6.19. The van der Waals surface area contributed by atoms with Crippen molar-refractivity contribution in [3.63, 3.8) is 0 Å². The third-order valence-corrected chi connectivity index (χ3v) is 5.18. The van der Waals surface area contributed by atoms with Crippen molar-refractivity contribution >= 4 is 5.82 Å². The van der Waals surface area contributed by atoms with Crippen LogP contribution in [-0.2, 0) is 17.7 Å². The average molecular weight is 396 g/mol. The zero-order chi connectivity index (χ0) is 20.1. The van der Waals surface area contributed by atoms with Crippen LogP contribution in [-0.4, -0.2) is 50.8 Å². The molecule has 1 aromatic heterocycles. The summed E-state index contributed by atoms with van der Waals surface area (Å²) in [5.74, 6) is -4.09. The Balaban J connectivity index is 1.52. The van der Waals surface area contributed by atoms with Gasteiger partial charge in [-0.1, -0.05) is 6.07 Å². The van der Waals surface area contributed by atoms with E-state index in [-0.39, 0.29) is 18.2 Å². The fraction of sp³-hybridized carbons (Fsp3) is 0.444. The van der Waals surface area contributed by atoms with Crippen LogP contribution >= 0.6 is 0 Å². The number of nitrogen functional groups attached to an aromatic ring is 1. The van der Waals surface area contributed by atoms with Gasteiger partial charge in [0.1, 0.15) is 23.8 Å². The van der Waals surface area contributed by atoms with Gasteiger partial charge < -0.3 is 15.6 Å².